The van der Waals surface area contributed by atoms with Crippen molar-refractivity contribution >= 4 is 71.2 Å². The van der Waals surface area contributed by atoms with Crippen molar-refractivity contribution in [3.8, 4) is 27.9 Å². The van der Waals surface area contributed by atoms with E-state index in [-0.39, 0.29) is 5.41 Å². The lowest BCUT2D eigenvalue weighted by atomic mass is 9.82. The molecule has 0 N–H and O–H groups in total. The monoisotopic (exact) mass is 752 g/mol. The zero-order valence-corrected chi connectivity index (χ0v) is 33.0. The molecule has 1 aliphatic carbocycles. The van der Waals surface area contributed by atoms with E-state index < -0.39 is 0 Å². The minimum atomic E-state index is -0.138. The Morgan fingerprint density at radius 1 is 0.407 bits per heavy atom. The predicted molar refractivity (Wildman–Crippen MR) is 251 cm³/mol. The Balaban J connectivity index is 1.25. The van der Waals surface area contributed by atoms with Crippen LogP contribution in [0.5, 0.6) is 0 Å². The van der Waals surface area contributed by atoms with Crippen molar-refractivity contribution in [2.45, 2.75) is 19.3 Å². The van der Waals surface area contributed by atoms with Crippen LogP contribution >= 0.6 is 0 Å². The fourth-order valence-electron chi connectivity index (χ4n) is 10.2. The van der Waals surface area contributed by atoms with Crippen LogP contribution in [0.2, 0.25) is 0 Å². The SMILES string of the molecule is CC1(C)c2ccccc2-c2ccc(N(c3ccccc3)c3cc4ccccc4c4c3c3cc(-c5ccccc5)ccc3n4-c3cc4ccccc4c4ccccc34)cc21. The van der Waals surface area contributed by atoms with E-state index in [1.807, 2.05) is 0 Å². The minimum Gasteiger partial charge on any atom is -0.310 e. The molecule has 0 spiro atoms. The summed E-state index contributed by atoms with van der Waals surface area (Å²) in [7, 11) is 0. The van der Waals surface area contributed by atoms with Crippen LogP contribution in [0.4, 0.5) is 17.1 Å². The first-order chi connectivity index (χ1) is 29.0. The summed E-state index contributed by atoms with van der Waals surface area (Å²) in [4.78, 5) is 2.51. The molecule has 0 amide bonds. The van der Waals surface area contributed by atoms with Crippen LogP contribution in [-0.4, -0.2) is 4.57 Å². The zero-order chi connectivity index (χ0) is 39.2. The lowest BCUT2D eigenvalue weighted by Crippen LogP contribution is -2.16. The molecule has 10 aromatic carbocycles. The van der Waals surface area contributed by atoms with E-state index in [2.05, 4.69) is 230 Å². The van der Waals surface area contributed by atoms with Gasteiger partial charge in [0.2, 0.25) is 0 Å². The normalized spacial score (nSPS) is 13.1. The van der Waals surface area contributed by atoms with Crippen molar-refractivity contribution in [1.29, 1.82) is 0 Å². The highest BCUT2D eigenvalue weighted by molar-refractivity contribution is 6.26. The second-order valence-corrected chi connectivity index (χ2v) is 16.5. The van der Waals surface area contributed by atoms with Gasteiger partial charge in [-0.3, -0.25) is 0 Å². The third-order valence-electron chi connectivity index (χ3n) is 12.9. The van der Waals surface area contributed by atoms with E-state index >= 15 is 0 Å². The second-order valence-electron chi connectivity index (χ2n) is 16.5. The minimum absolute atomic E-state index is 0.138. The summed E-state index contributed by atoms with van der Waals surface area (Å²) < 4.78 is 2.56. The number of anilines is 3. The van der Waals surface area contributed by atoms with Crippen molar-refractivity contribution < 1.29 is 0 Å². The van der Waals surface area contributed by atoms with Crippen molar-refractivity contribution in [2.24, 2.45) is 0 Å². The first kappa shape index (κ1) is 33.7. The van der Waals surface area contributed by atoms with Crippen molar-refractivity contribution in [3.63, 3.8) is 0 Å². The molecule has 1 heterocycles. The predicted octanol–water partition coefficient (Wildman–Crippen LogP) is 15.7. The van der Waals surface area contributed by atoms with Crippen LogP contribution < -0.4 is 4.90 Å². The summed E-state index contributed by atoms with van der Waals surface area (Å²) in [6, 6.07) is 76.3. The molecule has 0 radical (unpaired) electrons. The van der Waals surface area contributed by atoms with Gasteiger partial charge in [-0.2, -0.15) is 0 Å². The number of nitrogens with zero attached hydrogens (tertiary/aromatic N) is 2. The van der Waals surface area contributed by atoms with Crippen LogP contribution in [0.1, 0.15) is 25.0 Å². The Labute approximate surface area is 343 Å². The number of para-hydroxylation sites is 1. The maximum absolute atomic E-state index is 2.56. The summed E-state index contributed by atoms with van der Waals surface area (Å²) in [6.45, 7) is 4.74. The van der Waals surface area contributed by atoms with Gasteiger partial charge in [0.25, 0.3) is 0 Å². The highest BCUT2D eigenvalue weighted by Gasteiger charge is 2.36. The molecule has 12 rings (SSSR count). The van der Waals surface area contributed by atoms with Crippen LogP contribution in [0, 0.1) is 0 Å². The van der Waals surface area contributed by atoms with Crippen LogP contribution in [0.25, 0.3) is 82.1 Å². The number of hydrogen-bond acceptors (Lipinski definition) is 1. The Morgan fingerprint density at radius 3 is 1.83 bits per heavy atom. The molecule has 0 bridgehead atoms. The molecule has 59 heavy (non-hydrogen) atoms. The first-order valence-corrected chi connectivity index (χ1v) is 20.6. The number of benzene rings is 10. The maximum Gasteiger partial charge on any atom is 0.0640 e. The number of hydrogen-bond donors (Lipinski definition) is 0. The lowest BCUT2D eigenvalue weighted by molar-refractivity contribution is 0.660. The standard InChI is InChI=1S/C57H40N2/c1-57(2)50-28-16-15-26-46(50)47-31-30-42(36-51(47)57)58(41-21-7-4-8-22-41)54-35-40-20-10-12-24-44(40)56-55(54)49-33-38(37-17-5-3-6-18-37)29-32-52(49)59(56)53-34-39-19-9-11-23-43(39)45-25-13-14-27-48(45)53/h3-36H,1-2H3. The van der Waals surface area contributed by atoms with E-state index in [0.29, 0.717) is 0 Å². The van der Waals surface area contributed by atoms with Gasteiger partial charge in [-0.15, -0.1) is 0 Å². The van der Waals surface area contributed by atoms with Gasteiger partial charge in [0.1, 0.15) is 0 Å². The molecule has 2 nitrogen and oxygen atoms in total. The van der Waals surface area contributed by atoms with Crippen molar-refractivity contribution in [2.75, 3.05) is 4.90 Å². The van der Waals surface area contributed by atoms with Gasteiger partial charge in [0.15, 0.2) is 0 Å². The molecule has 0 unspecified atom stereocenters. The van der Waals surface area contributed by atoms with Gasteiger partial charge < -0.3 is 9.47 Å². The molecule has 2 heteroatoms. The van der Waals surface area contributed by atoms with Gasteiger partial charge in [0.05, 0.1) is 22.4 Å². The van der Waals surface area contributed by atoms with Crippen molar-refractivity contribution in [1.82, 2.24) is 4.57 Å². The molecular weight excluding hydrogens is 713 g/mol. The summed E-state index contributed by atoms with van der Waals surface area (Å²) in [6.07, 6.45) is 0. The Kier molecular flexibility index (Phi) is 7.31. The molecule has 0 fully saturated rings. The van der Waals surface area contributed by atoms with Gasteiger partial charge in [-0.1, -0.05) is 172 Å². The topological polar surface area (TPSA) is 8.17 Å². The molecule has 1 aliphatic rings. The zero-order valence-electron chi connectivity index (χ0n) is 33.0. The first-order valence-electron chi connectivity index (χ1n) is 20.6. The third kappa shape index (κ3) is 5.00. The number of aromatic nitrogens is 1. The second kappa shape index (κ2) is 12.8. The summed E-state index contributed by atoms with van der Waals surface area (Å²) in [5.74, 6) is 0. The van der Waals surface area contributed by atoms with Crippen LogP contribution in [0.15, 0.2) is 206 Å². The fraction of sp³-hybridized carbons (Fsp3) is 0.0526. The number of rotatable bonds is 5. The summed E-state index contributed by atoms with van der Waals surface area (Å²) in [5, 5.41) is 9.83. The van der Waals surface area contributed by atoms with Crippen molar-refractivity contribution in [3.05, 3.63) is 217 Å². The molecule has 0 saturated heterocycles. The van der Waals surface area contributed by atoms with E-state index in [9.17, 15) is 0 Å². The van der Waals surface area contributed by atoms with Crippen LogP contribution in [-0.2, 0) is 5.41 Å². The highest BCUT2D eigenvalue weighted by atomic mass is 15.1. The summed E-state index contributed by atoms with van der Waals surface area (Å²) in [5.41, 5.74) is 14.6. The van der Waals surface area contributed by atoms with Gasteiger partial charge in [-0.05, 0) is 103 Å². The Hall–Kier alpha value is -7.42. The molecule has 1 aromatic heterocycles. The largest absolute Gasteiger partial charge is 0.310 e. The smallest absolute Gasteiger partial charge is 0.0640 e. The quantitative estimate of drug-likeness (QED) is 0.159. The molecule has 11 aromatic rings. The molecular formula is C57H40N2. The van der Waals surface area contributed by atoms with Gasteiger partial charge in [-0.25, -0.2) is 0 Å². The average Bonchev–Trinajstić information content (AvgIpc) is 3.75. The van der Waals surface area contributed by atoms with Gasteiger partial charge in [0, 0.05) is 38.3 Å². The molecule has 0 aliphatic heterocycles. The maximum atomic E-state index is 2.56. The third-order valence-corrected chi connectivity index (χ3v) is 12.9. The van der Waals surface area contributed by atoms with E-state index in [0.717, 1.165) is 17.1 Å². The Bertz CT molecular complexity index is 3460. The molecule has 0 atom stereocenters. The van der Waals surface area contributed by atoms with E-state index in [1.54, 1.807) is 0 Å². The molecule has 0 saturated carbocycles. The Morgan fingerprint density at radius 2 is 1.03 bits per heavy atom. The van der Waals surface area contributed by atoms with Crippen LogP contribution in [0.3, 0.4) is 0 Å². The fourth-order valence-corrected chi connectivity index (χ4v) is 10.2. The summed E-state index contributed by atoms with van der Waals surface area (Å²) >= 11 is 0. The van der Waals surface area contributed by atoms with E-state index in [4.69, 9.17) is 0 Å². The van der Waals surface area contributed by atoms with E-state index in [1.165, 1.54) is 93.2 Å². The van der Waals surface area contributed by atoms with Gasteiger partial charge >= 0.3 is 0 Å². The number of fused-ring (bicyclic) bond motifs is 11. The lowest BCUT2D eigenvalue weighted by Gasteiger charge is -2.29. The average molecular weight is 753 g/mol. The molecule has 278 valence electrons. The highest BCUT2D eigenvalue weighted by Crippen LogP contribution is 2.53.